The van der Waals surface area contributed by atoms with E-state index >= 15 is 0 Å². The largest absolute Gasteiger partial charge is 0.363 e. The minimum Gasteiger partial charge on any atom is -0.363 e. The normalized spacial score (nSPS) is 17.6. The van der Waals surface area contributed by atoms with Crippen molar-refractivity contribution in [2.24, 2.45) is 4.99 Å². The van der Waals surface area contributed by atoms with Gasteiger partial charge in [0, 0.05) is 26.2 Å². The van der Waals surface area contributed by atoms with E-state index in [0.717, 1.165) is 30.8 Å². The second-order valence-corrected chi connectivity index (χ2v) is 4.25. The number of rotatable bonds is 2. The van der Waals surface area contributed by atoms with E-state index in [-0.39, 0.29) is 6.03 Å². The van der Waals surface area contributed by atoms with Gasteiger partial charge in [0.15, 0.2) is 0 Å². The molecule has 1 aromatic rings. The van der Waals surface area contributed by atoms with Crippen LogP contribution in [0.5, 0.6) is 0 Å². The average molecular weight is 243 g/mol. The molecule has 2 rings (SSSR count). The highest BCUT2D eigenvalue weighted by Gasteiger charge is 2.14. The maximum atomic E-state index is 11.6. The first-order valence-corrected chi connectivity index (χ1v) is 6.06. The van der Waals surface area contributed by atoms with Gasteiger partial charge in [-0.2, -0.15) is 4.99 Å². The van der Waals surface area contributed by atoms with E-state index in [2.05, 4.69) is 10.3 Å². The molecule has 4 nitrogen and oxygen atoms in total. The average Bonchev–Trinajstić information content (AvgIpc) is 2.76. The van der Waals surface area contributed by atoms with E-state index in [4.69, 9.17) is 0 Å². The predicted octanol–water partition coefficient (Wildman–Crippen LogP) is 2.49. The molecule has 0 aromatic heterocycles. The number of hydrogen-bond donors (Lipinski definition) is 1. The van der Waals surface area contributed by atoms with Gasteiger partial charge in [0.25, 0.3) is 0 Å². The van der Waals surface area contributed by atoms with Crippen molar-refractivity contribution in [2.45, 2.75) is 12.8 Å². The Morgan fingerprint density at radius 1 is 1.39 bits per heavy atom. The van der Waals surface area contributed by atoms with Crippen LogP contribution in [0.4, 0.5) is 4.79 Å². The Morgan fingerprint density at radius 2 is 2.17 bits per heavy atom. The summed E-state index contributed by atoms with van der Waals surface area (Å²) in [6.07, 6.45) is 5.42. The van der Waals surface area contributed by atoms with Crippen molar-refractivity contribution in [2.75, 3.05) is 13.6 Å². The summed E-state index contributed by atoms with van der Waals surface area (Å²) in [6.45, 7) is 0.978. The molecular weight excluding hydrogens is 226 g/mol. The van der Waals surface area contributed by atoms with Gasteiger partial charge < -0.3 is 10.2 Å². The van der Waals surface area contributed by atoms with E-state index in [0.29, 0.717) is 0 Å². The van der Waals surface area contributed by atoms with Crippen LogP contribution in [0, 0.1) is 0 Å². The Labute approximate surface area is 107 Å². The number of carbonyl (C=O) groups excluding carboxylic acids is 1. The van der Waals surface area contributed by atoms with Crippen molar-refractivity contribution < 1.29 is 4.79 Å². The number of aliphatic imine (C=N–C) groups is 1. The standard InChI is InChI=1S/C14H17N3O/c1-17-11-5-8-13(17)16-14(18)15-10-9-12-6-3-2-4-7-12/h2-4,6-7,9-10H,5,8,11H2,1H3,(H,15,18). The second-order valence-electron chi connectivity index (χ2n) is 4.25. The van der Waals surface area contributed by atoms with Gasteiger partial charge in [-0.3, -0.25) is 0 Å². The highest BCUT2D eigenvalue weighted by Crippen LogP contribution is 2.08. The molecule has 2 amide bonds. The summed E-state index contributed by atoms with van der Waals surface area (Å²) in [5.74, 6) is 0.862. The third kappa shape index (κ3) is 3.45. The number of amidine groups is 1. The summed E-state index contributed by atoms with van der Waals surface area (Å²) in [4.78, 5) is 17.6. The number of urea groups is 1. The van der Waals surface area contributed by atoms with E-state index in [9.17, 15) is 4.79 Å². The lowest BCUT2D eigenvalue weighted by Crippen LogP contribution is -2.23. The number of hydrogen-bond acceptors (Lipinski definition) is 1. The molecule has 4 heteroatoms. The molecule has 0 spiro atoms. The summed E-state index contributed by atoms with van der Waals surface area (Å²) in [5.41, 5.74) is 1.04. The Hall–Kier alpha value is -2.10. The van der Waals surface area contributed by atoms with Crippen LogP contribution >= 0.6 is 0 Å². The van der Waals surface area contributed by atoms with Gasteiger partial charge in [0.2, 0.25) is 0 Å². The van der Waals surface area contributed by atoms with Crippen LogP contribution in [-0.2, 0) is 0 Å². The van der Waals surface area contributed by atoms with Gasteiger partial charge in [0.05, 0.1) is 0 Å². The Balaban J connectivity index is 1.87. The first kappa shape index (κ1) is 12.4. The quantitative estimate of drug-likeness (QED) is 0.867. The summed E-state index contributed by atoms with van der Waals surface area (Å²) in [7, 11) is 1.96. The first-order chi connectivity index (χ1) is 8.75. The summed E-state index contributed by atoms with van der Waals surface area (Å²) < 4.78 is 0. The lowest BCUT2D eigenvalue weighted by molar-refractivity contribution is 0.252. The van der Waals surface area contributed by atoms with Crippen LogP contribution in [-0.4, -0.2) is 30.4 Å². The molecule has 1 aliphatic heterocycles. The van der Waals surface area contributed by atoms with Crippen LogP contribution in [0.1, 0.15) is 18.4 Å². The molecule has 1 aliphatic rings. The molecule has 1 aromatic carbocycles. The van der Waals surface area contributed by atoms with Crippen molar-refractivity contribution in [1.82, 2.24) is 10.2 Å². The molecular formula is C14H17N3O. The van der Waals surface area contributed by atoms with Crippen LogP contribution in [0.15, 0.2) is 41.5 Å². The van der Waals surface area contributed by atoms with Crippen LogP contribution in [0.3, 0.4) is 0 Å². The summed E-state index contributed by atoms with van der Waals surface area (Å²) in [6, 6.07) is 9.49. The number of likely N-dealkylation sites (tertiary alicyclic amines) is 1. The SMILES string of the molecule is CN1CCCC1=NC(=O)NC=Cc1ccccc1. The fraction of sp³-hybridized carbons (Fsp3) is 0.286. The zero-order chi connectivity index (χ0) is 12.8. The van der Waals surface area contributed by atoms with Gasteiger partial charge in [-0.15, -0.1) is 0 Å². The molecule has 1 N–H and O–H groups in total. The third-order valence-electron chi connectivity index (χ3n) is 2.85. The topological polar surface area (TPSA) is 44.7 Å². The van der Waals surface area contributed by atoms with E-state index < -0.39 is 0 Å². The van der Waals surface area contributed by atoms with Gasteiger partial charge in [0.1, 0.15) is 5.84 Å². The van der Waals surface area contributed by atoms with Crippen LogP contribution in [0.25, 0.3) is 6.08 Å². The zero-order valence-electron chi connectivity index (χ0n) is 10.5. The Kier molecular flexibility index (Phi) is 4.12. The number of benzene rings is 1. The van der Waals surface area contributed by atoms with Gasteiger partial charge >= 0.3 is 6.03 Å². The van der Waals surface area contributed by atoms with E-state index in [1.54, 1.807) is 6.20 Å². The smallest absolute Gasteiger partial charge is 0.346 e. The number of carbonyl (C=O) groups is 1. The molecule has 0 saturated carbocycles. The zero-order valence-corrected chi connectivity index (χ0v) is 10.5. The van der Waals surface area contributed by atoms with Gasteiger partial charge in [-0.05, 0) is 18.1 Å². The van der Waals surface area contributed by atoms with Crippen molar-refractivity contribution in [1.29, 1.82) is 0 Å². The molecule has 18 heavy (non-hydrogen) atoms. The molecule has 0 radical (unpaired) electrons. The van der Waals surface area contributed by atoms with Gasteiger partial charge in [-0.25, -0.2) is 4.79 Å². The molecule has 1 saturated heterocycles. The minimum atomic E-state index is -0.314. The highest BCUT2D eigenvalue weighted by molar-refractivity contribution is 5.94. The second kappa shape index (κ2) is 6.00. The van der Waals surface area contributed by atoms with E-state index in [1.165, 1.54) is 0 Å². The number of nitrogens with one attached hydrogen (secondary N) is 1. The highest BCUT2D eigenvalue weighted by atomic mass is 16.2. The molecule has 1 heterocycles. The molecule has 0 unspecified atom stereocenters. The first-order valence-electron chi connectivity index (χ1n) is 6.06. The molecule has 1 fully saturated rings. The maximum Gasteiger partial charge on any atom is 0.346 e. The van der Waals surface area contributed by atoms with Crippen LogP contribution in [0.2, 0.25) is 0 Å². The van der Waals surface area contributed by atoms with Crippen molar-refractivity contribution in [3.63, 3.8) is 0 Å². The maximum absolute atomic E-state index is 11.6. The molecule has 0 aliphatic carbocycles. The third-order valence-corrected chi connectivity index (χ3v) is 2.85. The van der Waals surface area contributed by atoms with Crippen molar-refractivity contribution in [3.8, 4) is 0 Å². The van der Waals surface area contributed by atoms with Crippen molar-refractivity contribution in [3.05, 3.63) is 42.1 Å². The fourth-order valence-electron chi connectivity index (χ4n) is 1.86. The van der Waals surface area contributed by atoms with E-state index in [1.807, 2.05) is 48.4 Å². The molecule has 0 bridgehead atoms. The number of nitrogens with zero attached hydrogens (tertiary/aromatic N) is 2. The Bertz CT molecular complexity index is 465. The van der Waals surface area contributed by atoms with Crippen LogP contribution < -0.4 is 5.32 Å². The summed E-state index contributed by atoms with van der Waals surface area (Å²) >= 11 is 0. The lowest BCUT2D eigenvalue weighted by Gasteiger charge is -2.09. The predicted molar refractivity (Wildman–Crippen MR) is 73.3 cm³/mol. The summed E-state index contributed by atoms with van der Waals surface area (Å²) in [5, 5.41) is 2.64. The fourth-order valence-corrected chi connectivity index (χ4v) is 1.86. The van der Waals surface area contributed by atoms with Crippen molar-refractivity contribution >= 4 is 17.9 Å². The van der Waals surface area contributed by atoms with Gasteiger partial charge in [-0.1, -0.05) is 30.3 Å². The lowest BCUT2D eigenvalue weighted by atomic mass is 10.2. The Morgan fingerprint density at radius 3 is 2.83 bits per heavy atom. The molecule has 0 atom stereocenters. The minimum absolute atomic E-state index is 0.314. The monoisotopic (exact) mass is 243 g/mol. The molecule has 94 valence electrons. The number of amides is 2.